The van der Waals surface area contributed by atoms with Crippen LogP contribution in [0, 0.1) is 0 Å². The first kappa shape index (κ1) is 28.1. The Bertz CT molecular complexity index is 897. The van der Waals surface area contributed by atoms with Crippen molar-refractivity contribution in [2.24, 2.45) is 0 Å². The van der Waals surface area contributed by atoms with Crippen molar-refractivity contribution in [2.75, 3.05) is 6.54 Å². The number of hydrogen-bond donors (Lipinski definition) is 2. The monoisotopic (exact) mass is 480 g/mol. The summed E-state index contributed by atoms with van der Waals surface area (Å²) in [5, 5.41) is 12.2. The summed E-state index contributed by atoms with van der Waals surface area (Å²) in [6.07, 6.45) is 12.6. The lowest BCUT2D eigenvalue weighted by Gasteiger charge is -2.21. The molecule has 6 heteroatoms. The minimum atomic E-state index is -1.48. The van der Waals surface area contributed by atoms with Crippen molar-refractivity contribution in [2.45, 2.75) is 84.2 Å². The molecule has 0 fully saturated rings. The van der Waals surface area contributed by atoms with Crippen molar-refractivity contribution >= 4 is 17.8 Å². The highest BCUT2D eigenvalue weighted by Crippen LogP contribution is 2.13. The molecule has 0 heterocycles. The van der Waals surface area contributed by atoms with E-state index < -0.39 is 11.9 Å². The fraction of sp³-hybridized carbons (Fsp3) is 0.483. The van der Waals surface area contributed by atoms with Crippen molar-refractivity contribution < 1.29 is 19.5 Å². The summed E-state index contributed by atoms with van der Waals surface area (Å²) in [4.78, 5) is 37.2. The van der Waals surface area contributed by atoms with Crippen molar-refractivity contribution in [3.8, 4) is 0 Å². The molecule has 0 aliphatic rings. The van der Waals surface area contributed by atoms with Crippen molar-refractivity contribution in [3.05, 3.63) is 71.3 Å². The van der Waals surface area contributed by atoms with Crippen LogP contribution in [-0.2, 0) is 22.7 Å². The quantitative estimate of drug-likeness (QED) is 0.230. The Labute approximate surface area is 209 Å². The van der Waals surface area contributed by atoms with E-state index in [0.717, 1.165) is 24.0 Å². The molecule has 0 spiro atoms. The van der Waals surface area contributed by atoms with Crippen LogP contribution in [0.15, 0.2) is 54.6 Å². The predicted octanol–water partition coefficient (Wildman–Crippen LogP) is 5.95. The molecule has 6 nitrogen and oxygen atoms in total. The van der Waals surface area contributed by atoms with Gasteiger partial charge < -0.3 is 15.3 Å². The number of carbonyl (C=O) groups is 3. The molecule has 0 saturated heterocycles. The van der Waals surface area contributed by atoms with Crippen LogP contribution in [0.2, 0.25) is 0 Å². The van der Waals surface area contributed by atoms with Gasteiger partial charge in [-0.25, -0.2) is 4.79 Å². The smallest absolute Gasteiger partial charge is 0.394 e. The van der Waals surface area contributed by atoms with Gasteiger partial charge in [0, 0.05) is 25.2 Å². The third-order valence-corrected chi connectivity index (χ3v) is 6.09. The molecular weight excluding hydrogens is 440 g/mol. The van der Waals surface area contributed by atoms with Gasteiger partial charge in [0.2, 0.25) is 0 Å². The van der Waals surface area contributed by atoms with E-state index in [9.17, 15) is 19.5 Å². The topological polar surface area (TPSA) is 86.7 Å². The highest BCUT2D eigenvalue weighted by Gasteiger charge is 2.21. The van der Waals surface area contributed by atoms with Gasteiger partial charge in [0.05, 0.1) is 0 Å². The Morgan fingerprint density at radius 2 is 1.23 bits per heavy atom. The van der Waals surface area contributed by atoms with Gasteiger partial charge in [0.25, 0.3) is 5.91 Å². The number of carbonyl (C=O) groups excluding carboxylic acids is 2. The number of carboxylic acids is 1. The molecule has 0 saturated carbocycles. The van der Waals surface area contributed by atoms with Crippen LogP contribution in [-0.4, -0.2) is 34.3 Å². The van der Waals surface area contributed by atoms with E-state index in [2.05, 4.69) is 12.2 Å². The third-order valence-electron chi connectivity index (χ3n) is 6.09. The summed E-state index contributed by atoms with van der Waals surface area (Å²) in [6, 6.07) is 16.2. The van der Waals surface area contributed by atoms with Gasteiger partial charge in [-0.2, -0.15) is 0 Å². The Morgan fingerprint density at radius 3 is 1.77 bits per heavy atom. The number of amides is 2. The fourth-order valence-electron chi connectivity index (χ4n) is 4.04. The molecule has 190 valence electrons. The van der Waals surface area contributed by atoms with Crippen LogP contribution in [0.5, 0.6) is 0 Å². The number of nitrogens with one attached hydrogen (secondary N) is 1. The summed E-state index contributed by atoms with van der Waals surface area (Å²) >= 11 is 0. The number of aliphatic carboxylic acids is 1. The molecule has 0 aliphatic carbocycles. The zero-order valence-corrected chi connectivity index (χ0v) is 21.0. The van der Waals surface area contributed by atoms with E-state index in [0.29, 0.717) is 12.1 Å². The molecule has 2 N–H and O–H groups in total. The number of rotatable bonds is 16. The number of unbranched alkanes of at least 4 members (excludes halogenated alkanes) is 9. The highest BCUT2D eigenvalue weighted by molar-refractivity contribution is 6.31. The van der Waals surface area contributed by atoms with Crippen LogP contribution < -0.4 is 5.32 Å². The minimum Gasteiger partial charge on any atom is -0.474 e. The molecule has 0 aliphatic heterocycles. The van der Waals surface area contributed by atoms with Crippen LogP contribution in [0.4, 0.5) is 0 Å². The molecule has 0 atom stereocenters. The summed E-state index contributed by atoms with van der Waals surface area (Å²) < 4.78 is 0. The van der Waals surface area contributed by atoms with Crippen molar-refractivity contribution in [1.82, 2.24) is 10.2 Å². The number of benzene rings is 2. The van der Waals surface area contributed by atoms with Crippen LogP contribution >= 0.6 is 0 Å². The van der Waals surface area contributed by atoms with Crippen LogP contribution in [0.25, 0.3) is 0 Å². The molecule has 0 bridgehead atoms. The SMILES string of the molecule is CCCCCCCCCCCCNC(=O)c1ccc(CN(Cc2ccccc2)C(=O)C(=O)O)cc1. The van der Waals surface area contributed by atoms with Gasteiger partial charge in [-0.05, 0) is 29.7 Å². The van der Waals surface area contributed by atoms with E-state index in [1.54, 1.807) is 24.3 Å². The Kier molecular flexibility index (Phi) is 13.2. The summed E-state index contributed by atoms with van der Waals surface area (Å²) in [5.74, 6) is -2.55. The van der Waals surface area contributed by atoms with E-state index in [1.807, 2.05) is 30.3 Å². The lowest BCUT2D eigenvalue weighted by Crippen LogP contribution is -2.35. The second kappa shape index (κ2) is 16.5. The standard InChI is InChI=1S/C29H40N2O4/c1-2-3-4-5-6-7-8-9-10-14-21-30-27(32)26-19-17-25(18-20-26)23-31(28(33)29(34)35)22-24-15-12-11-13-16-24/h11-13,15-20H,2-10,14,21-23H2,1H3,(H,30,32)(H,34,35). The molecular formula is C29H40N2O4. The molecule has 0 radical (unpaired) electrons. The summed E-state index contributed by atoms with van der Waals surface area (Å²) in [7, 11) is 0. The molecule has 2 rings (SSSR count). The first-order chi connectivity index (χ1) is 17.0. The van der Waals surface area contributed by atoms with E-state index in [-0.39, 0.29) is 19.0 Å². The number of carboxylic acid groups (broad SMARTS) is 1. The molecule has 2 aromatic rings. The van der Waals surface area contributed by atoms with Crippen LogP contribution in [0.3, 0.4) is 0 Å². The second-order valence-corrected chi connectivity index (χ2v) is 9.09. The van der Waals surface area contributed by atoms with E-state index in [1.165, 1.54) is 56.3 Å². The average molecular weight is 481 g/mol. The van der Waals surface area contributed by atoms with E-state index >= 15 is 0 Å². The molecule has 0 aromatic heterocycles. The minimum absolute atomic E-state index is 0.116. The van der Waals surface area contributed by atoms with E-state index in [4.69, 9.17) is 0 Å². The second-order valence-electron chi connectivity index (χ2n) is 9.09. The normalized spacial score (nSPS) is 10.7. The third kappa shape index (κ3) is 11.2. The van der Waals surface area contributed by atoms with Crippen molar-refractivity contribution in [3.63, 3.8) is 0 Å². The predicted molar refractivity (Wildman–Crippen MR) is 139 cm³/mol. The Balaban J connectivity index is 1.72. The van der Waals surface area contributed by atoms with Gasteiger partial charge in [-0.15, -0.1) is 0 Å². The molecule has 2 aromatic carbocycles. The number of hydrogen-bond acceptors (Lipinski definition) is 3. The molecule has 35 heavy (non-hydrogen) atoms. The number of nitrogens with zero attached hydrogens (tertiary/aromatic N) is 1. The maximum absolute atomic E-state index is 12.4. The Hall–Kier alpha value is -3.15. The highest BCUT2D eigenvalue weighted by atomic mass is 16.4. The first-order valence-electron chi connectivity index (χ1n) is 12.9. The van der Waals surface area contributed by atoms with Gasteiger partial charge in [0.15, 0.2) is 0 Å². The van der Waals surface area contributed by atoms with Gasteiger partial charge in [0.1, 0.15) is 0 Å². The average Bonchev–Trinajstić information content (AvgIpc) is 2.87. The maximum atomic E-state index is 12.4. The lowest BCUT2D eigenvalue weighted by atomic mass is 10.1. The lowest BCUT2D eigenvalue weighted by molar-refractivity contribution is -0.156. The zero-order chi connectivity index (χ0) is 25.3. The van der Waals surface area contributed by atoms with Gasteiger partial charge in [-0.1, -0.05) is 107 Å². The fourth-order valence-corrected chi connectivity index (χ4v) is 4.04. The molecule has 0 unspecified atom stereocenters. The Morgan fingerprint density at radius 1 is 0.714 bits per heavy atom. The largest absolute Gasteiger partial charge is 0.474 e. The first-order valence-corrected chi connectivity index (χ1v) is 12.9. The summed E-state index contributed by atoms with van der Waals surface area (Å²) in [6.45, 7) is 3.26. The maximum Gasteiger partial charge on any atom is 0.394 e. The summed E-state index contributed by atoms with van der Waals surface area (Å²) in [5.41, 5.74) is 2.17. The molecule has 2 amide bonds. The zero-order valence-electron chi connectivity index (χ0n) is 21.0. The van der Waals surface area contributed by atoms with Gasteiger partial charge >= 0.3 is 11.9 Å². The van der Waals surface area contributed by atoms with Crippen molar-refractivity contribution in [1.29, 1.82) is 0 Å². The van der Waals surface area contributed by atoms with Gasteiger partial charge in [-0.3, -0.25) is 9.59 Å². The van der Waals surface area contributed by atoms with Crippen LogP contribution in [0.1, 0.15) is 92.6 Å².